The molecule has 2 aliphatic carbocycles. The fourth-order valence-electron chi connectivity index (χ4n) is 4.20. The Morgan fingerprint density at radius 3 is 2.57 bits per heavy atom. The van der Waals surface area contributed by atoms with Crippen LogP contribution in [0.3, 0.4) is 0 Å². The summed E-state index contributed by atoms with van der Waals surface area (Å²) in [7, 11) is 0. The summed E-state index contributed by atoms with van der Waals surface area (Å²) in [6, 6.07) is 6.53. The first-order valence-corrected chi connectivity index (χ1v) is 8.78. The second-order valence-electron chi connectivity index (χ2n) is 7.31. The molecule has 1 aromatic carbocycles. The van der Waals surface area contributed by atoms with Gasteiger partial charge in [0.1, 0.15) is 5.75 Å². The lowest BCUT2D eigenvalue weighted by Crippen LogP contribution is -2.54. The van der Waals surface area contributed by atoms with Gasteiger partial charge in [-0.15, -0.1) is 0 Å². The lowest BCUT2D eigenvalue weighted by atomic mass is 9.67. The zero-order valence-electron chi connectivity index (χ0n) is 14.2. The Hall–Kier alpha value is -1.55. The second-order valence-corrected chi connectivity index (χ2v) is 7.31. The average Bonchev–Trinajstić information content (AvgIpc) is 2.49. The fourth-order valence-corrected chi connectivity index (χ4v) is 4.20. The summed E-state index contributed by atoms with van der Waals surface area (Å²) in [6.45, 7) is 4.21. The van der Waals surface area contributed by atoms with E-state index in [0.29, 0.717) is 23.9 Å². The van der Waals surface area contributed by atoms with E-state index in [1.807, 2.05) is 18.2 Å². The van der Waals surface area contributed by atoms with E-state index in [0.717, 1.165) is 18.6 Å². The molecule has 126 valence electrons. The Morgan fingerprint density at radius 1 is 1.22 bits per heavy atom. The Balaban J connectivity index is 1.54. The van der Waals surface area contributed by atoms with Gasteiger partial charge in [-0.05, 0) is 74.6 Å². The van der Waals surface area contributed by atoms with Gasteiger partial charge in [0, 0.05) is 12.1 Å². The monoisotopic (exact) mass is 316 g/mol. The number of hydrogen-bond acceptors (Lipinski definition) is 3. The van der Waals surface area contributed by atoms with Crippen LogP contribution in [0.25, 0.3) is 0 Å². The van der Waals surface area contributed by atoms with Crippen molar-refractivity contribution in [2.75, 3.05) is 6.61 Å². The van der Waals surface area contributed by atoms with Gasteiger partial charge in [0.2, 0.25) is 0 Å². The maximum atomic E-state index is 12.3. The van der Waals surface area contributed by atoms with Crippen molar-refractivity contribution in [3.05, 3.63) is 29.3 Å². The normalized spacial score (nSPS) is 29.9. The molecule has 4 nitrogen and oxygen atoms in total. The van der Waals surface area contributed by atoms with Gasteiger partial charge in [-0.25, -0.2) is 0 Å². The van der Waals surface area contributed by atoms with E-state index in [-0.39, 0.29) is 12.5 Å². The largest absolute Gasteiger partial charge is 0.484 e. The summed E-state index contributed by atoms with van der Waals surface area (Å²) in [4.78, 5) is 12.3. The van der Waals surface area contributed by atoms with Crippen molar-refractivity contribution in [1.82, 2.24) is 5.32 Å². The van der Waals surface area contributed by atoms with Gasteiger partial charge in [0.15, 0.2) is 6.61 Å². The van der Waals surface area contributed by atoms with E-state index >= 15 is 0 Å². The molecule has 0 aliphatic heterocycles. The van der Waals surface area contributed by atoms with Gasteiger partial charge in [0.25, 0.3) is 5.91 Å². The molecule has 23 heavy (non-hydrogen) atoms. The van der Waals surface area contributed by atoms with Gasteiger partial charge in [0.05, 0.1) is 0 Å². The van der Waals surface area contributed by atoms with Gasteiger partial charge >= 0.3 is 0 Å². The predicted octanol–water partition coefficient (Wildman–Crippen LogP) is 2.70. The third kappa shape index (κ3) is 3.86. The molecule has 2 saturated carbocycles. The number of benzene rings is 1. The highest BCUT2D eigenvalue weighted by Gasteiger charge is 2.39. The number of carbonyl (C=O) groups excluding carboxylic acids is 1. The molecule has 0 saturated heterocycles. The topological polar surface area (TPSA) is 64.3 Å². The number of rotatable bonds is 4. The highest BCUT2D eigenvalue weighted by Crippen LogP contribution is 2.39. The van der Waals surface area contributed by atoms with E-state index in [1.165, 1.54) is 30.4 Å². The third-order valence-electron chi connectivity index (χ3n) is 5.55. The molecule has 1 amide bonds. The van der Waals surface area contributed by atoms with E-state index in [9.17, 15) is 4.79 Å². The zero-order chi connectivity index (χ0) is 16.4. The molecule has 0 radical (unpaired) electrons. The minimum atomic E-state index is -0.0133. The third-order valence-corrected chi connectivity index (χ3v) is 5.55. The summed E-state index contributed by atoms with van der Waals surface area (Å²) in [5.74, 6) is 1.83. The first kappa shape index (κ1) is 16.3. The molecular weight excluding hydrogens is 288 g/mol. The molecule has 1 aromatic rings. The van der Waals surface area contributed by atoms with Crippen LogP contribution in [0.2, 0.25) is 0 Å². The standard InChI is InChI=1S/C19H28N2O2/c1-12-6-7-17(8-13(12)2)23-11-18(22)21-19-14-4-3-5-15(19)10-16(20)9-14/h6-8,14-16,19H,3-5,9-11,20H2,1-2H3,(H,21,22). The maximum Gasteiger partial charge on any atom is 0.258 e. The molecule has 2 fully saturated rings. The lowest BCUT2D eigenvalue weighted by molar-refractivity contribution is -0.125. The maximum absolute atomic E-state index is 12.3. The first-order chi connectivity index (χ1) is 11.0. The van der Waals surface area contributed by atoms with E-state index in [1.54, 1.807) is 0 Å². The molecule has 2 bridgehead atoms. The van der Waals surface area contributed by atoms with Crippen LogP contribution < -0.4 is 15.8 Å². The molecule has 2 aliphatic rings. The summed E-state index contributed by atoms with van der Waals surface area (Å²) >= 11 is 0. The Kier molecular flexibility index (Phi) is 4.90. The molecule has 0 heterocycles. The predicted molar refractivity (Wildman–Crippen MR) is 91.4 cm³/mol. The molecule has 0 aromatic heterocycles. The number of ether oxygens (including phenoxy) is 1. The SMILES string of the molecule is Cc1ccc(OCC(=O)NC2C3CCCC2CC(N)C3)cc1C. The number of hydrogen-bond donors (Lipinski definition) is 2. The summed E-state index contributed by atoms with van der Waals surface area (Å²) in [5.41, 5.74) is 8.55. The zero-order valence-corrected chi connectivity index (χ0v) is 14.2. The Labute approximate surface area is 138 Å². The van der Waals surface area contributed by atoms with E-state index in [2.05, 4.69) is 19.2 Å². The summed E-state index contributed by atoms with van der Waals surface area (Å²) in [6.07, 6.45) is 5.73. The van der Waals surface area contributed by atoms with E-state index < -0.39 is 0 Å². The van der Waals surface area contributed by atoms with E-state index in [4.69, 9.17) is 10.5 Å². The van der Waals surface area contributed by atoms with Gasteiger partial charge in [-0.1, -0.05) is 12.5 Å². The highest BCUT2D eigenvalue weighted by atomic mass is 16.5. The Morgan fingerprint density at radius 2 is 1.91 bits per heavy atom. The Bertz CT molecular complexity index is 558. The van der Waals surface area contributed by atoms with Crippen LogP contribution >= 0.6 is 0 Å². The smallest absolute Gasteiger partial charge is 0.258 e. The number of fused-ring (bicyclic) bond motifs is 2. The molecule has 3 rings (SSSR count). The first-order valence-electron chi connectivity index (χ1n) is 8.78. The summed E-state index contributed by atoms with van der Waals surface area (Å²) in [5, 5.41) is 3.22. The van der Waals surface area contributed by atoms with Crippen LogP contribution in [0.5, 0.6) is 5.75 Å². The second kappa shape index (κ2) is 6.91. The van der Waals surface area contributed by atoms with Gasteiger partial charge in [-0.3, -0.25) is 4.79 Å². The van der Waals surface area contributed by atoms with Gasteiger partial charge in [-0.2, -0.15) is 0 Å². The molecular formula is C19H28N2O2. The van der Waals surface area contributed by atoms with Crippen LogP contribution in [0, 0.1) is 25.7 Å². The molecule has 4 heteroatoms. The fraction of sp³-hybridized carbons (Fsp3) is 0.632. The number of aryl methyl sites for hydroxylation is 2. The highest BCUT2D eigenvalue weighted by molar-refractivity contribution is 5.78. The molecule has 2 atom stereocenters. The van der Waals surface area contributed by atoms with Crippen LogP contribution in [0.1, 0.15) is 43.2 Å². The molecule has 2 unspecified atom stereocenters. The number of carbonyl (C=O) groups is 1. The van der Waals surface area contributed by atoms with Crippen molar-refractivity contribution in [2.45, 2.75) is 58.0 Å². The molecule has 3 N–H and O–H groups in total. The van der Waals surface area contributed by atoms with Crippen molar-refractivity contribution < 1.29 is 9.53 Å². The van der Waals surface area contributed by atoms with Gasteiger partial charge < -0.3 is 15.8 Å². The summed E-state index contributed by atoms with van der Waals surface area (Å²) < 4.78 is 5.65. The van der Waals surface area contributed by atoms with Crippen LogP contribution in [-0.4, -0.2) is 24.6 Å². The van der Waals surface area contributed by atoms with Crippen LogP contribution in [-0.2, 0) is 4.79 Å². The van der Waals surface area contributed by atoms with Crippen molar-refractivity contribution >= 4 is 5.91 Å². The quantitative estimate of drug-likeness (QED) is 0.897. The lowest BCUT2D eigenvalue weighted by Gasteiger charge is -2.45. The van der Waals surface area contributed by atoms with Crippen LogP contribution in [0.4, 0.5) is 0 Å². The molecule has 0 spiro atoms. The minimum absolute atomic E-state index is 0.0133. The number of nitrogens with one attached hydrogen (secondary N) is 1. The number of nitrogens with two attached hydrogens (primary N) is 1. The average molecular weight is 316 g/mol. The minimum Gasteiger partial charge on any atom is -0.484 e. The number of amides is 1. The van der Waals surface area contributed by atoms with Crippen molar-refractivity contribution in [3.8, 4) is 5.75 Å². The van der Waals surface area contributed by atoms with Crippen molar-refractivity contribution in [1.29, 1.82) is 0 Å². The van der Waals surface area contributed by atoms with Crippen LogP contribution in [0.15, 0.2) is 18.2 Å². The van der Waals surface area contributed by atoms with Crippen molar-refractivity contribution in [3.63, 3.8) is 0 Å². The van der Waals surface area contributed by atoms with Crippen molar-refractivity contribution in [2.24, 2.45) is 17.6 Å².